The fraction of sp³-hybridized carbons (Fsp3) is 0.167. The molecule has 2 aromatic heterocycles. The van der Waals surface area contributed by atoms with Crippen LogP contribution in [-0.2, 0) is 23.2 Å². The van der Waals surface area contributed by atoms with E-state index < -0.39 is 11.8 Å². The molecule has 0 bridgehead atoms. The molecule has 6 nitrogen and oxygen atoms in total. The van der Waals surface area contributed by atoms with Crippen molar-refractivity contribution < 1.29 is 14.7 Å². The van der Waals surface area contributed by atoms with Crippen molar-refractivity contribution >= 4 is 60.7 Å². The molecule has 3 heterocycles. The maximum Gasteiger partial charge on any atom is 0.259 e. The number of rotatable bonds is 5. The predicted molar refractivity (Wildman–Crippen MR) is 124 cm³/mol. The number of aryl methyl sites for hydroxylation is 2. The fourth-order valence-electron chi connectivity index (χ4n) is 4.45. The molecule has 0 fully saturated rings. The molecule has 7 heteroatoms. The van der Waals surface area contributed by atoms with Gasteiger partial charge >= 0.3 is 0 Å². The van der Waals surface area contributed by atoms with Crippen molar-refractivity contribution in [2.75, 3.05) is 6.61 Å². The number of carbonyl (C=O) groups excluding carboxylic acids is 2. The Balaban J connectivity index is 1.85. The Hall–Kier alpha value is -3.16. The summed E-state index contributed by atoms with van der Waals surface area (Å²) in [5.41, 5.74) is 4.03. The third kappa shape index (κ3) is 3.04. The zero-order chi connectivity index (χ0) is 21.7. The molecule has 5 rings (SSSR count). The van der Waals surface area contributed by atoms with Gasteiger partial charge < -0.3 is 14.2 Å². The second-order valence-electron chi connectivity index (χ2n) is 7.65. The minimum absolute atomic E-state index is 0.0748. The molecule has 1 aliphatic heterocycles. The zero-order valence-corrected chi connectivity index (χ0v) is 18.4. The van der Waals surface area contributed by atoms with E-state index in [1.165, 1.54) is 0 Å². The van der Waals surface area contributed by atoms with Crippen LogP contribution in [0.2, 0.25) is 0 Å². The number of nitrogens with zero attached hydrogens (tertiary/aromatic N) is 2. The lowest BCUT2D eigenvalue weighted by atomic mass is 9.94. The fourth-order valence-corrected chi connectivity index (χ4v) is 5.02. The number of aliphatic hydroxyl groups excluding tert-OH is 1. The van der Waals surface area contributed by atoms with E-state index in [1.54, 1.807) is 0 Å². The Morgan fingerprint density at radius 3 is 2.52 bits per heavy atom. The number of imide groups is 1. The average Bonchev–Trinajstić information content (AvgIpc) is 3.40. The molecule has 0 spiro atoms. The molecular weight excluding hydrogens is 458 g/mol. The topological polar surface area (TPSA) is 76.3 Å². The summed E-state index contributed by atoms with van der Waals surface area (Å²) in [5.74, 6) is -0.791. The van der Waals surface area contributed by atoms with E-state index >= 15 is 0 Å². The maximum absolute atomic E-state index is 13.0. The third-order valence-corrected chi connectivity index (χ3v) is 6.44. The molecule has 1 aliphatic rings. The van der Waals surface area contributed by atoms with Crippen LogP contribution < -0.4 is 5.32 Å². The van der Waals surface area contributed by atoms with Crippen molar-refractivity contribution in [2.45, 2.75) is 13.0 Å². The van der Waals surface area contributed by atoms with Gasteiger partial charge in [0.05, 0.1) is 16.7 Å². The van der Waals surface area contributed by atoms with Crippen LogP contribution >= 0.6 is 15.9 Å². The number of amides is 2. The van der Waals surface area contributed by atoms with Crippen molar-refractivity contribution in [1.29, 1.82) is 0 Å². The Morgan fingerprint density at radius 1 is 1.00 bits per heavy atom. The number of hydrogen-bond acceptors (Lipinski definition) is 3. The number of para-hydroxylation sites is 1. The summed E-state index contributed by atoms with van der Waals surface area (Å²) in [4.78, 5) is 26.0. The van der Waals surface area contributed by atoms with Crippen molar-refractivity contribution in [1.82, 2.24) is 14.5 Å². The van der Waals surface area contributed by atoms with E-state index in [9.17, 15) is 14.7 Å². The summed E-state index contributed by atoms with van der Waals surface area (Å²) in [6.07, 6.45) is 4.44. The van der Waals surface area contributed by atoms with Gasteiger partial charge in [-0.25, -0.2) is 0 Å². The molecule has 0 saturated carbocycles. The molecular formula is C24H20BrN3O3. The van der Waals surface area contributed by atoms with Crippen LogP contribution in [0.15, 0.2) is 59.3 Å². The first-order valence-electron chi connectivity index (χ1n) is 10.0. The van der Waals surface area contributed by atoms with E-state index in [0.29, 0.717) is 29.7 Å². The summed E-state index contributed by atoms with van der Waals surface area (Å²) in [5, 5.41) is 13.7. The molecule has 4 aromatic rings. The number of aliphatic hydroxyl groups is 1. The highest BCUT2D eigenvalue weighted by Crippen LogP contribution is 2.40. The molecule has 0 aliphatic carbocycles. The van der Waals surface area contributed by atoms with Gasteiger partial charge in [-0.2, -0.15) is 0 Å². The first-order valence-corrected chi connectivity index (χ1v) is 10.8. The van der Waals surface area contributed by atoms with Gasteiger partial charge in [0.25, 0.3) is 11.8 Å². The Morgan fingerprint density at radius 2 is 1.74 bits per heavy atom. The molecule has 2 aromatic carbocycles. The number of benzene rings is 2. The Kier molecular flexibility index (Phi) is 4.79. The minimum Gasteiger partial charge on any atom is -0.396 e. The van der Waals surface area contributed by atoms with Crippen molar-refractivity contribution in [3.8, 4) is 0 Å². The van der Waals surface area contributed by atoms with Gasteiger partial charge in [-0.15, -0.1) is 0 Å². The number of hydrogen-bond donors (Lipinski definition) is 2. The van der Waals surface area contributed by atoms with Crippen LogP contribution in [0.4, 0.5) is 0 Å². The van der Waals surface area contributed by atoms with Gasteiger partial charge in [0.2, 0.25) is 0 Å². The summed E-state index contributed by atoms with van der Waals surface area (Å²) in [7, 11) is 1.93. The highest BCUT2D eigenvalue weighted by Gasteiger charge is 2.35. The highest BCUT2D eigenvalue weighted by molar-refractivity contribution is 9.10. The molecule has 31 heavy (non-hydrogen) atoms. The normalized spacial score (nSPS) is 14.3. The van der Waals surface area contributed by atoms with Crippen LogP contribution in [0.25, 0.3) is 33.0 Å². The molecule has 0 saturated heterocycles. The summed E-state index contributed by atoms with van der Waals surface area (Å²) in [6.45, 7) is 0.681. The maximum atomic E-state index is 13.0. The lowest BCUT2D eigenvalue weighted by Gasteiger charge is -2.08. The SMILES string of the molecule is Cn1ccc2cccc(C3=C(c4cn(CCCO)c5cccc(Br)c45)C(=O)NC3=O)c21. The summed E-state index contributed by atoms with van der Waals surface area (Å²) >= 11 is 3.63. The first kappa shape index (κ1) is 19.8. The average molecular weight is 478 g/mol. The van der Waals surface area contributed by atoms with E-state index in [4.69, 9.17) is 0 Å². The monoisotopic (exact) mass is 477 g/mol. The zero-order valence-electron chi connectivity index (χ0n) is 16.9. The lowest BCUT2D eigenvalue weighted by Crippen LogP contribution is -2.22. The van der Waals surface area contributed by atoms with E-state index in [0.717, 1.165) is 31.8 Å². The van der Waals surface area contributed by atoms with Crippen LogP contribution in [0.3, 0.4) is 0 Å². The third-order valence-electron chi connectivity index (χ3n) is 5.78. The van der Waals surface area contributed by atoms with Crippen LogP contribution in [0.1, 0.15) is 17.5 Å². The molecule has 2 amide bonds. The molecule has 0 radical (unpaired) electrons. The standard InChI is InChI=1S/C24H20BrN3O3/c1-27-11-9-14-5-2-6-15(22(14)27)20-21(24(31)26-23(20)30)16-13-28(10-4-12-29)18-8-3-7-17(25)19(16)18/h2-3,5-9,11,13,29H,4,10,12H2,1H3,(H,26,30,31). The van der Waals surface area contributed by atoms with Gasteiger partial charge in [-0.1, -0.05) is 40.2 Å². The number of aromatic nitrogens is 2. The Labute approximate surface area is 186 Å². The van der Waals surface area contributed by atoms with Gasteiger partial charge in [-0.05, 0) is 24.6 Å². The smallest absolute Gasteiger partial charge is 0.259 e. The number of halogens is 1. The van der Waals surface area contributed by atoms with E-state index in [-0.39, 0.29) is 6.61 Å². The Bertz CT molecular complexity index is 1410. The number of nitrogens with one attached hydrogen (secondary N) is 1. The number of fused-ring (bicyclic) bond motifs is 2. The molecule has 0 unspecified atom stereocenters. The summed E-state index contributed by atoms with van der Waals surface area (Å²) < 4.78 is 4.83. The summed E-state index contributed by atoms with van der Waals surface area (Å²) in [6, 6.07) is 13.6. The second kappa shape index (κ2) is 7.51. The van der Waals surface area contributed by atoms with Crippen molar-refractivity contribution in [3.63, 3.8) is 0 Å². The largest absolute Gasteiger partial charge is 0.396 e. The molecule has 0 atom stereocenters. The molecule has 156 valence electrons. The van der Waals surface area contributed by atoms with E-state index in [1.807, 2.05) is 71.0 Å². The van der Waals surface area contributed by atoms with Crippen molar-refractivity contribution in [2.24, 2.45) is 7.05 Å². The quantitative estimate of drug-likeness (QED) is 0.428. The van der Waals surface area contributed by atoms with Gasteiger partial charge in [-0.3, -0.25) is 14.9 Å². The minimum atomic E-state index is -0.400. The predicted octanol–water partition coefficient (Wildman–Crippen LogP) is 3.85. The van der Waals surface area contributed by atoms with Crippen LogP contribution in [0, 0.1) is 0 Å². The second-order valence-corrected chi connectivity index (χ2v) is 8.50. The van der Waals surface area contributed by atoms with Gasteiger partial charge in [0.1, 0.15) is 0 Å². The highest BCUT2D eigenvalue weighted by atomic mass is 79.9. The van der Waals surface area contributed by atoms with Crippen LogP contribution in [-0.4, -0.2) is 32.7 Å². The van der Waals surface area contributed by atoms with Crippen molar-refractivity contribution in [3.05, 3.63) is 70.5 Å². The van der Waals surface area contributed by atoms with Crippen LogP contribution in [0.5, 0.6) is 0 Å². The first-order chi connectivity index (χ1) is 15.0. The lowest BCUT2D eigenvalue weighted by molar-refractivity contribution is -0.122. The van der Waals surface area contributed by atoms with E-state index in [2.05, 4.69) is 21.2 Å². The number of carbonyl (C=O) groups is 2. The molecule has 2 N–H and O–H groups in total. The van der Waals surface area contributed by atoms with Gasteiger partial charge in [0, 0.05) is 64.5 Å². The van der Waals surface area contributed by atoms with Gasteiger partial charge in [0.15, 0.2) is 0 Å².